The van der Waals surface area contributed by atoms with Gasteiger partial charge in [0.15, 0.2) is 0 Å². The fourth-order valence-electron chi connectivity index (χ4n) is 5.10. The number of hydrogen-bond donors (Lipinski definition) is 1. The third-order valence-electron chi connectivity index (χ3n) is 6.71. The third kappa shape index (κ3) is 3.70. The van der Waals surface area contributed by atoms with E-state index in [9.17, 15) is 0 Å². The monoisotopic (exact) mass is 328 g/mol. The summed E-state index contributed by atoms with van der Waals surface area (Å²) in [5.41, 5.74) is 9.61. The lowest BCUT2D eigenvalue weighted by atomic mass is 9.68. The molecule has 0 bridgehead atoms. The summed E-state index contributed by atoms with van der Waals surface area (Å²) in [5.74, 6) is 2.30. The predicted molar refractivity (Wildman–Crippen MR) is 103 cm³/mol. The first-order valence-electron chi connectivity index (χ1n) is 9.89. The molecule has 1 aromatic carbocycles. The van der Waals surface area contributed by atoms with Crippen molar-refractivity contribution in [3.63, 3.8) is 0 Å². The summed E-state index contributed by atoms with van der Waals surface area (Å²) < 4.78 is 0. The summed E-state index contributed by atoms with van der Waals surface area (Å²) in [7, 11) is 2.27. The van der Waals surface area contributed by atoms with E-state index in [-0.39, 0.29) is 0 Å². The molecule has 24 heavy (non-hydrogen) atoms. The largest absolute Gasteiger partial charge is 0.330 e. The minimum atomic E-state index is 0.463. The molecule has 2 aliphatic rings. The summed E-state index contributed by atoms with van der Waals surface area (Å²) in [6.45, 7) is 9.19. The Morgan fingerprint density at radius 2 is 1.67 bits per heavy atom. The first-order chi connectivity index (χ1) is 11.4. The average Bonchev–Trinajstić information content (AvgIpc) is 2.95. The van der Waals surface area contributed by atoms with Crippen LogP contribution in [-0.2, 0) is 0 Å². The fourth-order valence-corrected chi connectivity index (χ4v) is 5.10. The van der Waals surface area contributed by atoms with E-state index >= 15 is 0 Å². The van der Waals surface area contributed by atoms with Crippen LogP contribution in [-0.4, -0.2) is 25.0 Å². The van der Waals surface area contributed by atoms with Crippen molar-refractivity contribution < 1.29 is 0 Å². The molecule has 0 aromatic heterocycles. The highest BCUT2D eigenvalue weighted by Crippen LogP contribution is 2.46. The Hall–Kier alpha value is -0.860. The highest BCUT2D eigenvalue weighted by molar-refractivity contribution is 5.34. The van der Waals surface area contributed by atoms with E-state index in [2.05, 4.69) is 57.0 Å². The molecule has 1 aliphatic heterocycles. The minimum absolute atomic E-state index is 0.463. The normalized spacial score (nSPS) is 32.2. The van der Waals surface area contributed by atoms with Crippen molar-refractivity contribution in [1.82, 2.24) is 4.90 Å². The summed E-state index contributed by atoms with van der Waals surface area (Å²) in [6, 6.07) is 9.81. The van der Waals surface area contributed by atoms with Crippen molar-refractivity contribution in [3.05, 3.63) is 35.4 Å². The van der Waals surface area contributed by atoms with Crippen LogP contribution in [0.3, 0.4) is 0 Å². The van der Waals surface area contributed by atoms with Gasteiger partial charge in [0.25, 0.3) is 0 Å². The van der Waals surface area contributed by atoms with Gasteiger partial charge in [0.1, 0.15) is 0 Å². The molecule has 1 saturated heterocycles. The van der Waals surface area contributed by atoms with Gasteiger partial charge in [-0.15, -0.1) is 0 Å². The first-order valence-corrected chi connectivity index (χ1v) is 9.89. The lowest BCUT2D eigenvalue weighted by Crippen LogP contribution is -2.26. The molecule has 2 fully saturated rings. The standard InChI is InChI=1S/C22H36N2/c1-22(2,3)18-11-9-17(10-12-18)19-7-5-6-8-20(19)21-13-16(14-23)15-24(21)4/h5-8,16-18,21H,9-15,23H2,1-4H3. The van der Waals surface area contributed by atoms with Gasteiger partial charge in [-0.2, -0.15) is 0 Å². The molecule has 2 N–H and O–H groups in total. The molecule has 3 rings (SSSR count). The molecule has 2 atom stereocenters. The second kappa shape index (κ2) is 7.17. The quantitative estimate of drug-likeness (QED) is 0.850. The number of benzene rings is 1. The molecule has 1 heterocycles. The Kier molecular flexibility index (Phi) is 5.36. The Bertz CT molecular complexity index is 537. The Labute approximate surface area is 148 Å². The molecule has 1 saturated carbocycles. The molecule has 134 valence electrons. The van der Waals surface area contributed by atoms with E-state index < -0.39 is 0 Å². The Balaban J connectivity index is 1.76. The predicted octanol–water partition coefficient (Wildman–Crippen LogP) is 4.96. The molecule has 1 aromatic rings. The molecule has 0 amide bonds. The van der Waals surface area contributed by atoms with Crippen molar-refractivity contribution in [2.45, 2.75) is 64.8 Å². The summed E-state index contributed by atoms with van der Waals surface area (Å²) in [6.07, 6.45) is 6.70. The number of rotatable bonds is 3. The molecular weight excluding hydrogens is 292 g/mol. The van der Waals surface area contributed by atoms with Crippen molar-refractivity contribution in [2.24, 2.45) is 23.0 Å². The molecule has 2 unspecified atom stereocenters. The van der Waals surface area contributed by atoms with Crippen LogP contribution in [0.25, 0.3) is 0 Å². The second-order valence-corrected chi connectivity index (χ2v) is 9.34. The molecular formula is C22H36N2. The molecule has 2 heteroatoms. The van der Waals surface area contributed by atoms with Crippen LogP contribution in [0.1, 0.15) is 76.0 Å². The van der Waals surface area contributed by atoms with E-state index in [1.165, 1.54) is 32.1 Å². The average molecular weight is 329 g/mol. The highest BCUT2D eigenvalue weighted by atomic mass is 15.2. The van der Waals surface area contributed by atoms with Gasteiger partial charge in [-0.25, -0.2) is 0 Å². The SMILES string of the molecule is CN1CC(CN)CC1c1ccccc1C1CCC(C(C)(C)C)CC1. The number of nitrogens with two attached hydrogens (primary N) is 1. The van der Waals surface area contributed by atoms with Gasteiger partial charge < -0.3 is 5.73 Å². The van der Waals surface area contributed by atoms with Crippen LogP contribution in [0.5, 0.6) is 0 Å². The number of hydrogen-bond acceptors (Lipinski definition) is 2. The Morgan fingerprint density at radius 1 is 1.04 bits per heavy atom. The van der Waals surface area contributed by atoms with Gasteiger partial charge in [0.2, 0.25) is 0 Å². The van der Waals surface area contributed by atoms with E-state index in [0.717, 1.165) is 24.9 Å². The molecule has 1 aliphatic carbocycles. The molecule has 2 nitrogen and oxygen atoms in total. The van der Waals surface area contributed by atoms with Crippen LogP contribution >= 0.6 is 0 Å². The highest BCUT2D eigenvalue weighted by Gasteiger charge is 2.34. The lowest BCUT2D eigenvalue weighted by molar-refractivity contribution is 0.168. The van der Waals surface area contributed by atoms with Crippen LogP contribution in [0.15, 0.2) is 24.3 Å². The van der Waals surface area contributed by atoms with Gasteiger partial charge in [0.05, 0.1) is 0 Å². The van der Waals surface area contributed by atoms with Gasteiger partial charge in [0, 0.05) is 12.6 Å². The van der Waals surface area contributed by atoms with E-state index in [0.29, 0.717) is 17.4 Å². The number of nitrogens with zero attached hydrogens (tertiary/aromatic N) is 1. The maximum absolute atomic E-state index is 5.95. The zero-order valence-electron chi connectivity index (χ0n) is 16.1. The maximum atomic E-state index is 5.95. The zero-order chi connectivity index (χ0) is 17.3. The van der Waals surface area contributed by atoms with E-state index in [4.69, 9.17) is 5.73 Å². The maximum Gasteiger partial charge on any atom is 0.0351 e. The fraction of sp³-hybridized carbons (Fsp3) is 0.727. The summed E-state index contributed by atoms with van der Waals surface area (Å²) in [5, 5.41) is 0. The summed E-state index contributed by atoms with van der Waals surface area (Å²) in [4.78, 5) is 2.52. The Morgan fingerprint density at radius 3 is 2.21 bits per heavy atom. The van der Waals surface area contributed by atoms with Gasteiger partial charge in [-0.1, -0.05) is 45.0 Å². The van der Waals surface area contributed by atoms with Crippen LogP contribution in [0, 0.1) is 17.3 Å². The van der Waals surface area contributed by atoms with Gasteiger partial charge in [-0.05, 0) is 80.0 Å². The second-order valence-electron chi connectivity index (χ2n) is 9.34. The first kappa shape index (κ1) is 17.9. The van der Waals surface area contributed by atoms with Gasteiger partial charge in [-0.3, -0.25) is 4.90 Å². The van der Waals surface area contributed by atoms with Crippen LogP contribution in [0.2, 0.25) is 0 Å². The topological polar surface area (TPSA) is 29.3 Å². The number of likely N-dealkylation sites (tertiary alicyclic amines) is 1. The van der Waals surface area contributed by atoms with Crippen molar-refractivity contribution in [1.29, 1.82) is 0 Å². The van der Waals surface area contributed by atoms with E-state index in [1.807, 2.05) is 0 Å². The van der Waals surface area contributed by atoms with E-state index in [1.54, 1.807) is 11.1 Å². The van der Waals surface area contributed by atoms with Crippen LogP contribution < -0.4 is 5.73 Å². The van der Waals surface area contributed by atoms with Crippen molar-refractivity contribution in [2.75, 3.05) is 20.1 Å². The van der Waals surface area contributed by atoms with Crippen molar-refractivity contribution in [3.8, 4) is 0 Å². The van der Waals surface area contributed by atoms with Crippen LogP contribution in [0.4, 0.5) is 0 Å². The van der Waals surface area contributed by atoms with Crippen molar-refractivity contribution >= 4 is 0 Å². The minimum Gasteiger partial charge on any atom is -0.330 e. The lowest BCUT2D eigenvalue weighted by Gasteiger charge is -2.38. The zero-order valence-corrected chi connectivity index (χ0v) is 16.1. The smallest absolute Gasteiger partial charge is 0.0351 e. The van der Waals surface area contributed by atoms with Gasteiger partial charge >= 0.3 is 0 Å². The molecule has 0 radical (unpaired) electrons. The third-order valence-corrected chi connectivity index (χ3v) is 6.71. The summed E-state index contributed by atoms with van der Waals surface area (Å²) >= 11 is 0. The molecule has 0 spiro atoms.